The van der Waals surface area contributed by atoms with Crippen LogP contribution in [0.25, 0.3) is 0 Å². The van der Waals surface area contributed by atoms with Gasteiger partial charge in [-0.05, 0) is 30.9 Å². The summed E-state index contributed by atoms with van der Waals surface area (Å²) >= 11 is 0. The Kier molecular flexibility index (Phi) is 4.73. The van der Waals surface area contributed by atoms with Gasteiger partial charge in [-0.15, -0.1) is 0 Å². The van der Waals surface area contributed by atoms with E-state index in [4.69, 9.17) is 10.5 Å². The molecule has 2 N–H and O–H groups in total. The van der Waals surface area contributed by atoms with E-state index in [0.717, 1.165) is 31.5 Å². The van der Waals surface area contributed by atoms with Crippen LogP contribution >= 0.6 is 0 Å². The molecule has 1 heterocycles. The van der Waals surface area contributed by atoms with Crippen LogP contribution in [0.1, 0.15) is 18.4 Å². The minimum atomic E-state index is 0.0257. The quantitative estimate of drug-likeness (QED) is 0.818. The smallest absolute Gasteiger partial charge is 0.252 e. The molecule has 4 nitrogen and oxygen atoms in total. The number of hydrogen-bond donors (Lipinski definition) is 1. The number of hydrogen-bond acceptors (Lipinski definition) is 3. The monoisotopic (exact) mass is 248 g/mol. The lowest BCUT2D eigenvalue weighted by Gasteiger charge is -2.22. The Morgan fingerprint density at radius 3 is 3.00 bits per heavy atom. The van der Waals surface area contributed by atoms with Crippen LogP contribution in [0.3, 0.4) is 0 Å². The second-order valence-electron chi connectivity index (χ2n) is 4.47. The van der Waals surface area contributed by atoms with Crippen molar-refractivity contribution in [3.63, 3.8) is 0 Å². The van der Waals surface area contributed by atoms with Gasteiger partial charge < -0.3 is 15.4 Å². The fraction of sp³-hybridized carbons (Fsp3) is 0.500. The largest absolute Gasteiger partial charge is 0.370 e. The molecule has 0 saturated heterocycles. The molecule has 1 amide bonds. The summed E-state index contributed by atoms with van der Waals surface area (Å²) in [5.74, 6) is 0.0257. The molecule has 98 valence electrons. The molecule has 0 fully saturated rings. The molecule has 1 aliphatic heterocycles. The topological polar surface area (TPSA) is 55.6 Å². The summed E-state index contributed by atoms with van der Waals surface area (Å²) in [7, 11) is 0. The Balaban J connectivity index is 2.09. The van der Waals surface area contributed by atoms with E-state index in [-0.39, 0.29) is 12.5 Å². The lowest BCUT2D eigenvalue weighted by molar-refractivity contribution is -0.123. The van der Waals surface area contributed by atoms with Crippen LogP contribution in [-0.4, -0.2) is 32.2 Å². The molecule has 0 unspecified atom stereocenters. The van der Waals surface area contributed by atoms with Gasteiger partial charge in [0.15, 0.2) is 0 Å². The number of para-hydroxylation sites is 1. The van der Waals surface area contributed by atoms with Crippen LogP contribution < -0.4 is 10.6 Å². The Bertz CT molecular complexity index is 407. The number of nitrogens with zero attached hydrogens (tertiary/aromatic N) is 1. The summed E-state index contributed by atoms with van der Waals surface area (Å²) in [6.45, 7) is 1.78. The molecule has 18 heavy (non-hydrogen) atoms. The first kappa shape index (κ1) is 13.1. The molecule has 1 aromatic rings. The summed E-state index contributed by atoms with van der Waals surface area (Å²) in [5, 5.41) is 0. The van der Waals surface area contributed by atoms with Gasteiger partial charge in [-0.25, -0.2) is 0 Å². The van der Waals surface area contributed by atoms with Gasteiger partial charge in [0, 0.05) is 18.8 Å². The average Bonchev–Trinajstić information content (AvgIpc) is 2.61. The fourth-order valence-corrected chi connectivity index (χ4v) is 2.27. The van der Waals surface area contributed by atoms with Gasteiger partial charge in [0.1, 0.15) is 6.61 Å². The predicted molar refractivity (Wildman–Crippen MR) is 71.6 cm³/mol. The number of anilines is 1. The van der Waals surface area contributed by atoms with E-state index in [0.29, 0.717) is 13.2 Å². The lowest BCUT2D eigenvalue weighted by atomic mass is 10.1. The molecule has 0 bridgehead atoms. The minimum absolute atomic E-state index is 0.0257. The van der Waals surface area contributed by atoms with E-state index in [2.05, 4.69) is 6.07 Å². The number of benzene rings is 1. The molecule has 2 rings (SSSR count). The van der Waals surface area contributed by atoms with Gasteiger partial charge in [0.05, 0.1) is 6.61 Å². The maximum absolute atomic E-state index is 12.1. The highest BCUT2D eigenvalue weighted by Crippen LogP contribution is 2.26. The van der Waals surface area contributed by atoms with E-state index in [9.17, 15) is 4.79 Å². The van der Waals surface area contributed by atoms with Crippen molar-refractivity contribution < 1.29 is 9.53 Å². The maximum atomic E-state index is 12.1. The number of nitrogens with two attached hydrogens (primary N) is 1. The molecule has 1 aromatic carbocycles. The van der Waals surface area contributed by atoms with Crippen LogP contribution in [-0.2, 0) is 16.0 Å². The number of carbonyl (C=O) groups is 1. The zero-order valence-corrected chi connectivity index (χ0v) is 10.6. The number of carbonyl (C=O) groups excluding carboxylic acids is 1. The third-order valence-corrected chi connectivity index (χ3v) is 3.15. The van der Waals surface area contributed by atoms with Gasteiger partial charge in [-0.2, -0.15) is 0 Å². The Morgan fingerprint density at radius 1 is 1.33 bits per heavy atom. The van der Waals surface area contributed by atoms with Crippen molar-refractivity contribution in [2.45, 2.75) is 19.3 Å². The molecule has 0 aromatic heterocycles. The molecule has 0 atom stereocenters. The third kappa shape index (κ3) is 3.09. The maximum Gasteiger partial charge on any atom is 0.252 e. The van der Waals surface area contributed by atoms with E-state index < -0.39 is 0 Å². The normalized spacial score (nSPS) is 15.1. The van der Waals surface area contributed by atoms with Crippen molar-refractivity contribution in [1.82, 2.24) is 0 Å². The van der Waals surface area contributed by atoms with Crippen molar-refractivity contribution >= 4 is 11.6 Å². The van der Waals surface area contributed by atoms with Gasteiger partial charge in [-0.3, -0.25) is 4.79 Å². The predicted octanol–water partition coefficient (Wildman–Crippen LogP) is 1.33. The SMILES string of the molecule is NCCOCC(=O)N1CCCCc2ccccc21. The highest BCUT2D eigenvalue weighted by atomic mass is 16.5. The molecule has 0 aliphatic carbocycles. The highest BCUT2D eigenvalue weighted by Gasteiger charge is 2.20. The summed E-state index contributed by atoms with van der Waals surface area (Å²) in [4.78, 5) is 14.0. The summed E-state index contributed by atoms with van der Waals surface area (Å²) in [6, 6.07) is 8.12. The molecule has 4 heteroatoms. The molecule has 0 saturated carbocycles. The van der Waals surface area contributed by atoms with Crippen LogP contribution in [0.5, 0.6) is 0 Å². The summed E-state index contributed by atoms with van der Waals surface area (Å²) < 4.78 is 5.24. The van der Waals surface area contributed by atoms with Crippen LogP contribution in [0, 0.1) is 0 Å². The fourth-order valence-electron chi connectivity index (χ4n) is 2.27. The van der Waals surface area contributed by atoms with Gasteiger partial charge >= 0.3 is 0 Å². The number of ether oxygens (including phenoxy) is 1. The number of fused-ring (bicyclic) bond motifs is 1. The zero-order chi connectivity index (χ0) is 12.8. The van der Waals surface area contributed by atoms with Gasteiger partial charge in [0.25, 0.3) is 5.91 Å². The second-order valence-corrected chi connectivity index (χ2v) is 4.47. The molecule has 0 radical (unpaired) electrons. The van der Waals surface area contributed by atoms with Gasteiger partial charge in [0.2, 0.25) is 0 Å². The van der Waals surface area contributed by atoms with E-state index in [1.807, 2.05) is 23.1 Å². The van der Waals surface area contributed by atoms with E-state index in [1.54, 1.807) is 0 Å². The first-order valence-electron chi connectivity index (χ1n) is 6.49. The number of rotatable bonds is 4. The van der Waals surface area contributed by atoms with Gasteiger partial charge in [-0.1, -0.05) is 18.2 Å². The van der Waals surface area contributed by atoms with E-state index in [1.165, 1.54) is 5.56 Å². The lowest BCUT2D eigenvalue weighted by Crippen LogP contribution is -2.35. The Labute approximate surface area is 108 Å². The molecular weight excluding hydrogens is 228 g/mol. The molecule has 1 aliphatic rings. The Morgan fingerprint density at radius 2 is 2.17 bits per heavy atom. The summed E-state index contributed by atoms with van der Waals surface area (Å²) in [6.07, 6.45) is 3.21. The third-order valence-electron chi connectivity index (χ3n) is 3.15. The van der Waals surface area contributed by atoms with Crippen molar-refractivity contribution in [3.05, 3.63) is 29.8 Å². The number of amides is 1. The number of aryl methyl sites for hydroxylation is 1. The zero-order valence-electron chi connectivity index (χ0n) is 10.6. The van der Waals surface area contributed by atoms with Crippen LogP contribution in [0.2, 0.25) is 0 Å². The average molecular weight is 248 g/mol. The minimum Gasteiger partial charge on any atom is -0.370 e. The summed E-state index contributed by atoms with van der Waals surface area (Å²) in [5.41, 5.74) is 7.64. The van der Waals surface area contributed by atoms with Crippen molar-refractivity contribution in [2.75, 3.05) is 31.2 Å². The van der Waals surface area contributed by atoms with Crippen LogP contribution in [0.4, 0.5) is 5.69 Å². The van der Waals surface area contributed by atoms with Crippen molar-refractivity contribution in [1.29, 1.82) is 0 Å². The second kappa shape index (κ2) is 6.52. The first-order chi connectivity index (χ1) is 8.83. The standard InChI is InChI=1S/C14H20N2O2/c15-8-10-18-11-14(17)16-9-4-3-6-12-5-1-2-7-13(12)16/h1-2,5,7H,3-4,6,8-11,15H2. The highest BCUT2D eigenvalue weighted by molar-refractivity contribution is 5.95. The molecule has 0 spiro atoms. The Hall–Kier alpha value is -1.39. The van der Waals surface area contributed by atoms with E-state index >= 15 is 0 Å². The first-order valence-corrected chi connectivity index (χ1v) is 6.49. The van der Waals surface area contributed by atoms with Crippen molar-refractivity contribution in [3.8, 4) is 0 Å². The molecular formula is C14H20N2O2. The van der Waals surface area contributed by atoms with Crippen LogP contribution in [0.15, 0.2) is 24.3 Å². The van der Waals surface area contributed by atoms with Crippen molar-refractivity contribution in [2.24, 2.45) is 5.73 Å².